The van der Waals surface area contributed by atoms with Gasteiger partial charge in [0.15, 0.2) is 5.76 Å². The van der Waals surface area contributed by atoms with Gasteiger partial charge >= 0.3 is 0 Å². The molecule has 1 heterocycles. The summed E-state index contributed by atoms with van der Waals surface area (Å²) < 4.78 is 28.5. The van der Waals surface area contributed by atoms with Crippen LogP contribution in [0.25, 0.3) is 11.3 Å². The number of ether oxygens (including phenoxy) is 2. The van der Waals surface area contributed by atoms with Crippen LogP contribution in [0, 0.1) is 5.82 Å². The Balaban J connectivity index is 1.67. The van der Waals surface area contributed by atoms with Crippen molar-refractivity contribution in [3.05, 3.63) is 65.6 Å². The van der Waals surface area contributed by atoms with Crippen LogP contribution in [0.15, 0.2) is 53.1 Å². The zero-order chi connectivity index (χ0) is 18.5. The van der Waals surface area contributed by atoms with Crippen molar-refractivity contribution >= 4 is 5.91 Å². The molecule has 0 aliphatic carbocycles. The normalized spacial score (nSPS) is 10.4. The van der Waals surface area contributed by atoms with Gasteiger partial charge < -0.3 is 19.3 Å². The molecule has 3 aromatic rings. The number of methoxy groups -OCH3 is 2. The van der Waals surface area contributed by atoms with Crippen molar-refractivity contribution in [1.82, 2.24) is 10.5 Å². The van der Waals surface area contributed by atoms with Crippen LogP contribution in [0.5, 0.6) is 11.5 Å². The van der Waals surface area contributed by atoms with Gasteiger partial charge in [-0.1, -0.05) is 5.16 Å². The Hall–Kier alpha value is -3.35. The van der Waals surface area contributed by atoms with Gasteiger partial charge in [-0.05, 0) is 36.4 Å². The molecule has 1 aromatic heterocycles. The first-order valence-corrected chi connectivity index (χ1v) is 7.82. The molecule has 0 atom stereocenters. The van der Waals surface area contributed by atoms with Crippen LogP contribution < -0.4 is 14.8 Å². The number of aromatic nitrogens is 1. The minimum Gasteiger partial charge on any atom is -0.497 e. The summed E-state index contributed by atoms with van der Waals surface area (Å²) in [5, 5.41) is 6.67. The van der Waals surface area contributed by atoms with Gasteiger partial charge in [0.05, 0.1) is 20.8 Å². The van der Waals surface area contributed by atoms with Crippen LogP contribution in [0.4, 0.5) is 4.39 Å². The van der Waals surface area contributed by atoms with Crippen molar-refractivity contribution in [1.29, 1.82) is 0 Å². The summed E-state index contributed by atoms with van der Waals surface area (Å²) in [5.41, 5.74) is 1.66. The molecule has 0 bridgehead atoms. The number of halogens is 1. The molecule has 1 amide bonds. The van der Waals surface area contributed by atoms with E-state index in [0.717, 1.165) is 0 Å². The number of carbonyl (C=O) groups excluding carboxylic acids is 1. The second-order valence-corrected chi connectivity index (χ2v) is 5.47. The number of hydrogen-bond donors (Lipinski definition) is 1. The third kappa shape index (κ3) is 4.00. The first-order chi connectivity index (χ1) is 12.6. The first-order valence-electron chi connectivity index (χ1n) is 7.82. The summed E-state index contributed by atoms with van der Waals surface area (Å²) in [4.78, 5) is 12.3. The molecule has 6 nitrogen and oxygen atoms in total. The highest BCUT2D eigenvalue weighted by atomic mass is 19.1. The lowest BCUT2D eigenvalue weighted by atomic mass is 10.1. The fraction of sp³-hybridized carbons (Fsp3) is 0.158. The van der Waals surface area contributed by atoms with Crippen molar-refractivity contribution < 1.29 is 23.2 Å². The van der Waals surface area contributed by atoms with Gasteiger partial charge in [-0.3, -0.25) is 4.79 Å². The molecule has 3 rings (SSSR count). The van der Waals surface area contributed by atoms with Crippen molar-refractivity contribution in [2.24, 2.45) is 0 Å². The fourth-order valence-corrected chi connectivity index (χ4v) is 2.36. The zero-order valence-corrected chi connectivity index (χ0v) is 14.3. The third-order valence-electron chi connectivity index (χ3n) is 3.73. The maximum Gasteiger partial charge on any atom is 0.251 e. The molecular formula is C19H17FN2O4. The van der Waals surface area contributed by atoms with Crippen molar-refractivity contribution in [2.45, 2.75) is 6.54 Å². The van der Waals surface area contributed by atoms with E-state index in [2.05, 4.69) is 10.5 Å². The largest absolute Gasteiger partial charge is 0.497 e. The van der Waals surface area contributed by atoms with Crippen LogP contribution in [0.2, 0.25) is 0 Å². The summed E-state index contributed by atoms with van der Waals surface area (Å²) in [6, 6.07) is 12.5. The van der Waals surface area contributed by atoms with E-state index in [4.69, 9.17) is 14.0 Å². The Morgan fingerprint density at radius 1 is 1.08 bits per heavy atom. The maximum atomic E-state index is 13.0. The second-order valence-electron chi connectivity index (χ2n) is 5.47. The third-order valence-corrected chi connectivity index (χ3v) is 3.73. The van der Waals surface area contributed by atoms with E-state index >= 15 is 0 Å². The predicted molar refractivity (Wildman–Crippen MR) is 92.6 cm³/mol. The van der Waals surface area contributed by atoms with Gasteiger partial charge in [-0.15, -0.1) is 0 Å². The monoisotopic (exact) mass is 356 g/mol. The Morgan fingerprint density at radius 2 is 1.73 bits per heavy atom. The number of amides is 1. The van der Waals surface area contributed by atoms with E-state index in [1.54, 1.807) is 36.4 Å². The van der Waals surface area contributed by atoms with Gasteiger partial charge in [0.1, 0.15) is 23.0 Å². The lowest BCUT2D eigenvalue weighted by Crippen LogP contribution is -2.23. The number of rotatable bonds is 6. The molecule has 2 aromatic carbocycles. The molecule has 134 valence electrons. The topological polar surface area (TPSA) is 73.6 Å². The maximum absolute atomic E-state index is 13.0. The summed E-state index contributed by atoms with van der Waals surface area (Å²) in [6.45, 7) is 0.184. The van der Waals surface area contributed by atoms with E-state index < -0.39 is 0 Å². The molecule has 26 heavy (non-hydrogen) atoms. The Kier molecular flexibility index (Phi) is 5.17. The molecule has 0 saturated heterocycles. The molecule has 0 saturated carbocycles. The molecule has 0 unspecified atom stereocenters. The summed E-state index contributed by atoms with van der Waals surface area (Å²) in [7, 11) is 3.03. The van der Waals surface area contributed by atoms with E-state index in [1.165, 1.54) is 26.4 Å². The van der Waals surface area contributed by atoms with Crippen LogP contribution in [0.1, 0.15) is 16.1 Å². The van der Waals surface area contributed by atoms with Crippen molar-refractivity contribution in [3.63, 3.8) is 0 Å². The first kappa shape index (κ1) is 17.5. The molecule has 0 spiro atoms. The summed E-state index contributed by atoms with van der Waals surface area (Å²) in [6.07, 6.45) is 0. The Morgan fingerprint density at radius 3 is 2.35 bits per heavy atom. The van der Waals surface area contributed by atoms with Crippen LogP contribution in [-0.2, 0) is 6.54 Å². The summed E-state index contributed by atoms with van der Waals surface area (Å²) >= 11 is 0. The molecule has 0 fully saturated rings. The van der Waals surface area contributed by atoms with Crippen LogP contribution in [-0.4, -0.2) is 25.3 Å². The van der Waals surface area contributed by atoms with E-state index in [0.29, 0.717) is 34.1 Å². The minimum atomic E-state index is -0.325. The van der Waals surface area contributed by atoms with E-state index in [9.17, 15) is 9.18 Å². The average Bonchev–Trinajstić information content (AvgIpc) is 3.15. The number of benzene rings is 2. The van der Waals surface area contributed by atoms with Gasteiger partial charge in [0, 0.05) is 23.3 Å². The van der Waals surface area contributed by atoms with Crippen LogP contribution >= 0.6 is 0 Å². The van der Waals surface area contributed by atoms with Crippen molar-refractivity contribution in [2.75, 3.05) is 14.2 Å². The molecule has 0 aliphatic rings. The highest BCUT2D eigenvalue weighted by molar-refractivity contribution is 5.95. The van der Waals surface area contributed by atoms with E-state index in [-0.39, 0.29) is 18.3 Å². The molecule has 7 heteroatoms. The van der Waals surface area contributed by atoms with Gasteiger partial charge in [0.25, 0.3) is 5.91 Å². The fourth-order valence-electron chi connectivity index (χ4n) is 2.36. The zero-order valence-electron chi connectivity index (χ0n) is 14.3. The van der Waals surface area contributed by atoms with Gasteiger partial charge in [-0.2, -0.15) is 0 Å². The predicted octanol–water partition coefficient (Wildman–Crippen LogP) is 3.43. The summed E-state index contributed by atoms with van der Waals surface area (Å²) in [5.74, 6) is 0.921. The van der Waals surface area contributed by atoms with Crippen molar-refractivity contribution in [3.8, 4) is 22.8 Å². The number of nitrogens with zero attached hydrogens (tertiary/aromatic N) is 1. The average molecular weight is 356 g/mol. The minimum absolute atomic E-state index is 0.184. The quantitative estimate of drug-likeness (QED) is 0.732. The highest BCUT2D eigenvalue weighted by Crippen LogP contribution is 2.23. The Bertz CT molecular complexity index is 884. The molecule has 0 radical (unpaired) electrons. The van der Waals surface area contributed by atoms with Gasteiger partial charge in [0.2, 0.25) is 0 Å². The molecule has 0 aliphatic heterocycles. The second kappa shape index (κ2) is 7.69. The van der Waals surface area contributed by atoms with Crippen LogP contribution in [0.3, 0.4) is 0 Å². The highest BCUT2D eigenvalue weighted by Gasteiger charge is 2.12. The standard InChI is InChI=1S/C19H17FN2O4/c1-24-16-7-13(8-17(10-16)25-2)19(23)21-11-15-9-18(26-22-15)12-3-5-14(20)6-4-12/h3-10H,11H2,1-2H3,(H,21,23). The number of carbonyl (C=O) groups is 1. The molecule has 1 N–H and O–H groups in total. The van der Waals surface area contributed by atoms with E-state index in [1.807, 2.05) is 0 Å². The lowest BCUT2D eigenvalue weighted by Gasteiger charge is -2.08. The SMILES string of the molecule is COc1cc(OC)cc(C(=O)NCc2cc(-c3ccc(F)cc3)on2)c1. The molecular weight excluding hydrogens is 339 g/mol. The smallest absolute Gasteiger partial charge is 0.251 e. The Labute approximate surface area is 149 Å². The number of hydrogen-bond acceptors (Lipinski definition) is 5. The lowest BCUT2D eigenvalue weighted by molar-refractivity contribution is 0.0949. The van der Waals surface area contributed by atoms with Gasteiger partial charge in [-0.25, -0.2) is 4.39 Å². The number of nitrogens with one attached hydrogen (secondary N) is 1.